The molecule has 4 nitrogen and oxygen atoms in total. The second-order valence-corrected chi connectivity index (χ2v) is 11.0. The van der Waals surface area contributed by atoms with Crippen molar-refractivity contribution in [2.24, 2.45) is 0 Å². The number of aromatic nitrogens is 2. The van der Waals surface area contributed by atoms with Gasteiger partial charge in [0.05, 0.1) is 5.69 Å². The van der Waals surface area contributed by atoms with Gasteiger partial charge in [-0.2, -0.15) is 0 Å². The maximum Gasteiger partial charge on any atom is 0.164 e. The number of benzene rings is 3. The Balaban J connectivity index is 1.21. The summed E-state index contributed by atoms with van der Waals surface area (Å²) in [5.41, 5.74) is 5.49. The molecule has 6 aromatic rings. The second kappa shape index (κ2) is 8.99. The number of hydrogen-bond acceptors (Lipinski definition) is 4. The highest BCUT2D eigenvalue weighted by atomic mass is 32.1. The molecule has 0 aliphatic heterocycles. The van der Waals surface area contributed by atoms with Gasteiger partial charge in [-0.25, -0.2) is 4.98 Å². The van der Waals surface area contributed by atoms with Crippen molar-refractivity contribution in [2.75, 3.05) is 0 Å². The first kappa shape index (κ1) is 22.6. The van der Waals surface area contributed by atoms with Gasteiger partial charge in [0.1, 0.15) is 17.9 Å². The van der Waals surface area contributed by atoms with Crippen molar-refractivity contribution in [2.45, 2.75) is 39.3 Å². The minimum Gasteiger partial charge on any atom is -0.489 e. The average Bonchev–Trinajstić information content (AvgIpc) is 3.61. The van der Waals surface area contributed by atoms with E-state index in [9.17, 15) is 0 Å². The SMILES string of the molecule is CC(C)(C)c1csc(-c2cc3cc(Cn4c[c]c5cc(OCc6ccccc6)ccc54)ccc3o2)n1. The average molecular weight is 492 g/mol. The molecule has 0 unspecified atom stereocenters. The molecule has 179 valence electrons. The van der Waals surface area contributed by atoms with E-state index in [1.54, 1.807) is 11.3 Å². The molecule has 0 saturated heterocycles. The lowest BCUT2D eigenvalue weighted by atomic mass is 9.93. The van der Waals surface area contributed by atoms with Crippen LogP contribution in [0.2, 0.25) is 0 Å². The molecule has 36 heavy (non-hydrogen) atoms. The fraction of sp³-hybridized carbons (Fsp3) is 0.194. The van der Waals surface area contributed by atoms with E-state index >= 15 is 0 Å². The zero-order valence-electron chi connectivity index (χ0n) is 20.6. The Morgan fingerprint density at radius 2 is 1.83 bits per heavy atom. The van der Waals surface area contributed by atoms with Crippen LogP contribution in [-0.2, 0) is 18.6 Å². The van der Waals surface area contributed by atoms with Gasteiger partial charge >= 0.3 is 0 Å². The standard InChI is InChI=1S/C31H27N2O2S/c1-31(2,3)29-20-36-30(32-29)28-17-24-15-22(9-12-27(24)35-28)18-33-14-13-23-16-25(10-11-26(23)33)34-19-21-7-5-4-6-8-21/h4-12,14-17,20H,18-19H2,1-3H3. The van der Waals surface area contributed by atoms with Crippen LogP contribution in [0.15, 0.2) is 88.8 Å². The first-order chi connectivity index (χ1) is 17.4. The van der Waals surface area contributed by atoms with Crippen LogP contribution >= 0.6 is 11.3 Å². The van der Waals surface area contributed by atoms with Gasteiger partial charge in [0, 0.05) is 45.9 Å². The molecule has 0 saturated carbocycles. The molecule has 0 aliphatic rings. The Labute approximate surface area is 214 Å². The quantitative estimate of drug-likeness (QED) is 0.236. The highest BCUT2D eigenvalue weighted by Gasteiger charge is 2.19. The Morgan fingerprint density at radius 1 is 0.972 bits per heavy atom. The Kier molecular flexibility index (Phi) is 5.65. The summed E-state index contributed by atoms with van der Waals surface area (Å²) in [5, 5.41) is 5.19. The molecule has 0 atom stereocenters. The fourth-order valence-corrected chi connectivity index (χ4v) is 5.28. The summed E-state index contributed by atoms with van der Waals surface area (Å²) in [6.45, 7) is 7.84. The van der Waals surface area contributed by atoms with Crippen molar-refractivity contribution < 1.29 is 9.15 Å². The van der Waals surface area contributed by atoms with E-state index in [0.29, 0.717) is 6.61 Å². The van der Waals surface area contributed by atoms with E-state index in [0.717, 1.165) is 56.2 Å². The Hall–Kier alpha value is -3.83. The summed E-state index contributed by atoms with van der Waals surface area (Å²) < 4.78 is 14.3. The van der Waals surface area contributed by atoms with Crippen molar-refractivity contribution >= 4 is 33.2 Å². The Bertz CT molecular complexity index is 1650. The van der Waals surface area contributed by atoms with Crippen LogP contribution in [-0.4, -0.2) is 9.55 Å². The van der Waals surface area contributed by atoms with Crippen LogP contribution in [0.3, 0.4) is 0 Å². The van der Waals surface area contributed by atoms with Crippen LogP contribution < -0.4 is 4.74 Å². The van der Waals surface area contributed by atoms with Gasteiger partial charge in [-0.05, 0) is 47.5 Å². The molecule has 6 rings (SSSR count). The largest absolute Gasteiger partial charge is 0.489 e. The molecular weight excluding hydrogens is 464 g/mol. The minimum absolute atomic E-state index is 0.0271. The summed E-state index contributed by atoms with van der Waals surface area (Å²) in [6.07, 6.45) is 2.01. The van der Waals surface area contributed by atoms with Crippen molar-refractivity contribution in [1.82, 2.24) is 9.55 Å². The summed E-state index contributed by atoms with van der Waals surface area (Å²) in [4.78, 5) is 4.81. The first-order valence-corrected chi connectivity index (χ1v) is 13.0. The van der Waals surface area contributed by atoms with Crippen molar-refractivity contribution in [3.8, 4) is 16.5 Å². The third-order valence-electron chi connectivity index (χ3n) is 6.32. The van der Waals surface area contributed by atoms with Crippen LogP contribution in [0, 0.1) is 6.07 Å². The first-order valence-electron chi connectivity index (χ1n) is 12.1. The third kappa shape index (κ3) is 4.54. The summed E-state index contributed by atoms with van der Waals surface area (Å²) >= 11 is 1.63. The van der Waals surface area contributed by atoms with Gasteiger partial charge < -0.3 is 13.7 Å². The predicted octanol–water partition coefficient (Wildman–Crippen LogP) is 8.24. The smallest absolute Gasteiger partial charge is 0.164 e. The predicted molar refractivity (Wildman–Crippen MR) is 147 cm³/mol. The molecule has 0 N–H and O–H groups in total. The zero-order valence-corrected chi connectivity index (χ0v) is 21.4. The number of ether oxygens (including phenoxy) is 1. The summed E-state index contributed by atoms with van der Waals surface area (Å²) in [7, 11) is 0. The highest BCUT2D eigenvalue weighted by molar-refractivity contribution is 7.13. The van der Waals surface area contributed by atoms with E-state index < -0.39 is 0 Å². The summed E-state index contributed by atoms with van der Waals surface area (Å²) in [5.74, 6) is 1.68. The third-order valence-corrected chi connectivity index (χ3v) is 7.18. The van der Waals surface area contributed by atoms with Crippen molar-refractivity contribution in [1.29, 1.82) is 0 Å². The van der Waals surface area contributed by atoms with E-state index in [1.165, 1.54) is 5.56 Å². The molecule has 0 fully saturated rings. The number of furan rings is 1. The van der Waals surface area contributed by atoms with E-state index in [-0.39, 0.29) is 5.41 Å². The Morgan fingerprint density at radius 3 is 2.64 bits per heavy atom. The molecule has 1 radical (unpaired) electrons. The second-order valence-electron chi connectivity index (χ2n) is 10.1. The fourth-order valence-electron chi connectivity index (χ4n) is 4.28. The molecule has 0 bridgehead atoms. The van der Waals surface area contributed by atoms with Crippen LogP contribution in [0.1, 0.15) is 37.6 Å². The van der Waals surface area contributed by atoms with E-state index in [2.05, 4.69) is 85.3 Å². The molecule has 3 heterocycles. The topological polar surface area (TPSA) is 40.2 Å². The van der Waals surface area contributed by atoms with Gasteiger partial charge in [-0.1, -0.05) is 57.2 Å². The van der Waals surface area contributed by atoms with Crippen LogP contribution in [0.4, 0.5) is 0 Å². The van der Waals surface area contributed by atoms with Crippen molar-refractivity contribution in [3.63, 3.8) is 0 Å². The van der Waals surface area contributed by atoms with Gasteiger partial charge in [-0.3, -0.25) is 0 Å². The number of rotatable bonds is 6. The van der Waals surface area contributed by atoms with Crippen LogP contribution in [0.25, 0.3) is 32.6 Å². The molecule has 3 aromatic carbocycles. The molecule has 3 aromatic heterocycles. The van der Waals surface area contributed by atoms with Crippen LogP contribution in [0.5, 0.6) is 5.75 Å². The lowest BCUT2D eigenvalue weighted by Gasteiger charge is -2.13. The minimum atomic E-state index is 0.0271. The maximum atomic E-state index is 6.13. The van der Waals surface area contributed by atoms with Gasteiger partial charge in [0.25, 0.3) is 0 Å². The van der Waals surface area contributed by atoms with Gasteiger partial charge in [0.2, 0.25) is 0 Å². The lowest BCUT2D eigenvalue weighted by Crippen LogP contribution is -2.11. The highest BCUT2D eigenvalue weighted by Crippen LogP contribution is 2.33. The number of nitrogens with zero attached hydrogens (tertiary/aromatic N) is 2. The monoisotopic (exact) mass is 491 g/mol. The molecule has 5 heteroatoms. The van der Waals surface area contributed by atoms with Gasteiger partial charge in [0.15, 0.2) is 10.8 Å². The molecule has 0 aliphatic carbocycles. The lowest BCUT2D eigenvalue weighted by molar-refractivity contribution is 0.306. The zero-order chi connectivity index (χ0) is 24.7. The number of thiazole rings is 1. The number of hydrogen-bond donors (Lipinski definition) is 0. The molecular formula is C31H27N2O2S. The van der Waals surface area contributed by atoms with Crippen molar-refractivity contribution in [3.05, 3.63) is 107 Å². The molecule has 0 amide bonds. The summed E-state index contributed by atoms with van der Waals surface area (Å²) in [6, 6.07) is 28.3. The van der Waals surface area contributed by atoms with E-state index in [4.69, 9.17) is 14.1 Å². The van der Waals surface area contributed by atoms with Gasteiger partial charge in [-0.15, -0.1) is 11.3 Å². The maximum absolute atomic E-state index is 6.13. The number of fused-ring (bicyclic) bond motifs is 2. The normalized spacial score (nSPS) is 12.0. The molecule has 0 spiro atoms. The van der Waals surface area contributed by atoms with E-state index in [1.807, 2.05) is 30.5 Å².